The molecular weight excluding hydrogens is 464 g/mol. The van der Waals surface area contributed by atoms with E-state index < -0.39 is 39.8 Å². The molecule has 1 aliphatic heterocycles. The predicted octanol–water partition coefficient (Wildman–Crippen LogP) is 4.42. The van der Waals surface area contributed by atoms with E-state index in [-0.39, 0.29) is 41.5 Å². The molecule has 0 aromatic heterocycles. The van der Waals surface area contributed by atoms with Gasteiger partial charge < -0.3 is 10.1 Å². The summed E-state index contributed by atoms with van der Waals surface area (Å²) in [6, 6.07) is 7.92. The molecule has 1 N–H and O–H groups in total. The van der Waals surface area contributed by atoms with Crippen molar-refractivity contribution in [3.63, 3.8) is 0 Å². The summed E-state index contributed by atoms with van der Waals surface area (Å²) in [6.07, 6.45) is -4.62. The first-order valence-corrected chi connectivity index (χ1v) is 10.9. The Balaban J connectivity index is 1.64. The number of rotatable bonds is 5. The number of carbonyl (C=O) groups excluding carboxylic acids is 1. The number of carbonyl (C=O) groups is 1. The number of nitrogens with zero attached hydrogens (tertiary/aromatic N) is 1. The van der Waals surface area contributed by atoms with Crippen LogP contribution in [0.3, 0.4) is 0 Å². The lowest BCUT2D eigenvalue weighted by Gasteiger charge is -2.30. The zero-order valence-corrected chi connectivity index (χ0v) is 17.4. The lowest BCUT2D eigenvalue weighted by atomic mass is 9.97. The Hall–Kier alpha value is -2.37. The molecular formula is C19H17ClF4N2O4S. The Morgan fingerprint density at radius 1 is 1.13 bits per heavy atom. The topological polar surface area (TPSA) is 75.7 Å². The molecule has 0 atom stereocenters. The summed E-state index contributed by atoms with van der Waals surface area (Å²) >= 11 is 5.67. The minimum absolute atomic E-state index is 0.0200. The van der Waals surface area contributed by atoms with Gasteiger partial charge >= 0.3 is 6.36 Å². The number of hydrogen-bond donors (Lipinski definition) is 1. The molecule has 0 spiro atoms. The zero-order valence-electron chi connectivity index (χ0n) is 15.8. The quantitative estimate of drug-likeness (QED) is 0.643. The van der Waals surface area contributed by atoms with E-state index in [0.717, 1.165) is 28.6 Å². The fourth-order valence-corrected chi connectivity index (χ4v) is 4.83. The molecule has 3 rings (SSSR count). The fraction of sp³-hybridized carbons (Fsp3) is 0.316. The number of piperidine rings is 1. The molecule has 1 fully saturated rings. The lowest BCUT2D eigenvalue weighted by Crippen LogP contribution is -2.41. The van der Waals surface area contributed by atoms with E-state index in [0.29, 0.717) is 0 Å². The number of hydrogen-bond acceptors (Lipinski definition) is 4. The third-order valence-electron chi connectivity index (χ3n) is 4.69. The average Bonchev–Trinajstić information content (AvgIpc) is 2.69. The summed E-state index contributed by atoms with van der Waals surface area (Å²) in [7, 11) is -4.08. The highest BCUT2D eigenvalue weighted by Gasteiger charge is 2.34. The highest BCUT2D eigenvalue weighted by atomic mass is 35.5. The minimum Gasteiger partial charge on any atom is -0.406 e. The smallest absolute Gasteiger partial charge is 0.406 e. The van der Waals surface area contributed by atoms with Gasteiger partial charge in [0.05, 0.1) is 10.6 Å². The highest BCUT2D eigenvalue weighted by molar-refractivity contribution is 7.89. The molecule has 1 heterocycles. The summed E-state index contributed by atoms with van der Waals surface area (Å²) in [5.74, 6) is -2.35. The van der Waals surface area contributed by atoms with Gasteiger partial charge in [-0.15, -0.1) is 13.2 Å². The van der Waals surface area contributed by atoms with Crippen molar-refractivity contribution in [3.05, 3.63) is 53.3 Å². The van der Waals surface area contributed by atoms with E-state index in [4.69, 9.17) is 11.6 Å². The average molecular weight is 481 g/mol. The van der Waals surface area contributed by atoms with Gasteiger partial charge in [-0.1, -0.05) is 17.7 Å². The second-order valence-electron chi connectivity index (χ2n) is 6.81. The van der Waals surface area contributed by atoms with E-state index in [9.17, 15) is 30.8 Å². The van der Waals surface area contributed by atoms with Crippen LogP contribution in [-0.2, 0) is 14.8 Å². The summed E-state index contributed by atoms with van der Waals surface area (Å²) < 4.78 is 81.4. The van der Waals surface area contributed by atoms with E-state index in [1.54, 1.807) is 0 Å². The van der Waals surface area contributed by atoms with Crippen LogP contribution in [0, 0.1) is 11.7 Å². The van der Waals surface area contributed by atoms with E-state index in [1.165, 1.54) is 18.2 Å². The fourth-order valence-electron chi connectivity index (χ4n) is 3.16. The molecule has 2 aromatic rings. The van der Waals surface area contributed by atoms with Gasteiger partial charge in [0.1, 0.15) is 11.6 Å². The van der Waals surface area contributed by atoms with Gasteiger partial charge in [-0.05, 0) is 43.2 Å². The zero-order chi connectivity index (χ0) is 22.8. The molecule has 2 aromatic carbocycles. The van der Waals surface area contributed by atoms with Gasteiger partial charge in [-0.25, -0.2) is 12.8 Å². The van der Waals surface area contributed by atoms with Crippen molar-refractivity contribution >= 4 is 33.2 Å². The Morgan fingerprint density at radius 2 is 1.81 bits per heavy atom. The molecule has 1 aliphatic rings. The lowest BCUT2D eigenvalue weighted by molar-refractivity contribution is -0.274. The Labute approximate surface area is 180 Å². The van der Waals surface area contributed by atoms with Crippen molar-refractivity contribution in [1.82, 2.24) is 4.31 Å². The second-order valence-corrected chi connectivity index (χ2v) is 9.19. The van der Waals surface area contributed by atoms with Crippen LogP contribution in [0.15, 0.2) is 47.4 Å². The first-order chi connectivity index (χ1) is 14.5. The minimum atomic E-state index is -4.95. The van der Waals surface area contributed by atoms with Crippen molar-refractivity contribution in [3.8, 4) is 5.75 Å². The van der Waals surface area contributed by atoms with Crippen molar-refractivity contribution in [2.75, 3.05) is 18.4 Å². The number of nitrogens with one attached hydrogen (secondary N) is 1. The summed E-state index contributed by atoms with van der Waals surface area (Å²) in [4.78, 5) is 12.1. The number of amides is 1. The van der Waals surface area contributed by atoms with Crippen LogP contribution in [0.25, 0.3) is 0 Å². The molecule has 0 bridgehead atoms. The number of ether oxygens (including phenoxy) is 1. The summed E-state index contributed by atoms with van der Waals surface area (Å²) in [6.45, 7) is -0.0399. The van der Waals surface area contributed by atoms with E-state index >= 15 is 0 Å². The molecule has 1 saturated heterocycles. The number of alkyl halides is 3. The molecule has 0 radical (unpaired) electrons. The van der Waals surface area contributed by atoms with Crippen LogP contribution in [0.1, 0.15) is 12.8 Å². The van der Waals surface area contributed by atoms with Gasteiger partial charge in [0.2, 0.25) is 15.9 Å². The van der Waals surface area contributed by atoms with Crippen LogP contribution in [0.4, 0.5) is 23.2 Å². The van der Waals surface area contributed by atoms with Gasteiger partial charge in [0, 0.05) is 30.1 Å². The SMILES string of the molecule is O=C(Nc1ccc(Cl)cc1F)C1CCN(S(=O)(=O)c2cccc(OC(F)(F)F)c2)CC1. The van der Waals surface area contributed by atoms with Crippen molar-refractivity contribution in [1.29, 1.82) is 0 Å². The second kappa shape index (κ2) is 9.01. The normalized spacial score (nSPS) is 16.2. The molecule has 0 saturated carbocycles. The molecule has 31 heavy (non-hydrogen) atoms. The highest BCUT2D eigenvalue weighted by Crippen LogP contribution is 2.29. The summed E-state index contributed by atoms with van der Waals surface area (Å²) in [5, 5.41) is 2.64. The van der Waals surface area contributed by atoms with Crippen molar-refractivity contribution < 1.29 is 35.5 Å². The molecule has 0 aliphatic carbocycles. The van der Waals surface area contributed by atoms with Crippen LogP contribution >= 0.6 is 11.6 Å². The molecule has 6 nitrogen and oxygen atoms in total. The molecule has 168 valence electrons. The molecule has 1 amide bonds. The predicted molar refractivity (Wildman–Crippen MR) is 105 cm³/mol. The summed E-state index contributed by atoms with van der Waals surface area (Å²) in [5.41, 5.74) is -0.0362. The van der Waals surface area contributed by atoms with Crippen LogP contribution < -0.4 is 10.1 Å². The van der Waals surface area contributed by atoms with Crippen molar-refractivity contribution in [2.24, 2.45) is 5.92 Å². The maximum atomic E-state index is 13.9. The van der Waals surface area contributed by atoms with E-state index in [1.807, 2.05) is 0 Å². The van der Waals surface area contributed by atoms with Crippen molar-refractivity contribution in [2.45, 2.75) is 24.1 Å². The van der Waals surface area contributed by atoms with Crippen LogP contribution in [-0.4, -0.2) is 38.1 Å². The largest absolute Gasteiger partial charge is 0.573 e. The first kappa shape index (κ1) is 23.3. The van der Waals surface area contributed by atoms with Gasteiger partial charge in [0.15, 0.2) is 0 Å². The Morgan fingerprint density at radius 3 is 2.42 bits per heavy atom. The Kier molecular flexibility index (Phi) is 6.77. The van der Waals surface area contributed by atoms with Gasteiger partial charge in [-0.3, -0.25) is 4.79 Å². The Bertz CT molecular complexity index is 1070. The van der Waals surface area contributed by atoms with Gasteiger partial charge in [-0.2, -0.15) is 4.31 Å². The number of anilines is 1. The third kappa shape index (κ3) is 5.86. The van der Waals surface area contributed by atoms with Crippen LogP contribution in [0.2, 0.25) is 5.02 Å². The molecule has 0 unspecified atom stereocenters. The number of halogens is 5. The van der Waals surface area contributed by atoms with Crippen LogP contribution in [0.5, 0.6) is 5.75 Å². The number of sulfonamides is 1. The molecule has 12 heteroatoms. The van der Waals surface area contributed by atoms with E-state index in [2.05, 4.69) is 10.1 Å². The monoisotopic (exact) mass is 480 g/mol. The maximum Gasteiger partial charge on any atom is 0.573 e. The standard InChI is InChI=1S/C19H17ClF4N2O4S/c20-13-4-5-17(16(21)10-13)25-18(27)12-6-8-26(9-7-12)31(28,29)15-3-1-2-14(11-15)30-19(22,23)24/h1-5,10-12H,6-9H2,(H,25,27). The maximum absolute atomic E-state index is 13.9. The third-order valence-corrected chi connectivity index (χ3v) is 6.82. The first-order valence-electron chi connectivity index (χ1n) is 9.07. The number of benzene rings is 2. The van der Waals surface area contributed by atoms with Gasteiger partial charge in [0.25, 0.3) is 0 Å².